The van der Waals surface area contributed by atoms with E-state index in [9.17, 15) is 0 Å². The Labute approximate surface area is 274 Å². The van der Waals surface area contributed by atoms with Gasteiger partial charge in [-0.15, -0.1) is 0 Å². The fourth-order valence-electron chi connectivity index (χ4n) is 8.15. The molecule has 1 aliphatic rings. The maximum atomic E-state index is 2.41. The number of rotatable bonds is 3. The largest absolute Gasteiger partial charge is 0.0616 e. The van der Waals surface area contributed by atoms with Gasteiger partial charge >= 0.3 is 0 Å². The van der Waals surface area contributed by atoms with E-state index in [1.54, 1.807) is 0 Å². The first kappa shape index (κ1) is 26.3. The lowest BCUT2D eigenvalue weighted by molar-refractivity contribution is 1.27. The minimum Gasteiger partial charge on any atom is -0.0616 e. The highest BCUT2D eigenvalue weighted by Gasteiger charge is 2.22. The highest BCUT2D eigenvalue weighted by atomic mass is 14.3. The second-order valence-corrected chi connectivity index (χ2v) is 12.8. The standard InChI is InChI=1S/C47H30/c1-3-13-37-31(10-1)12-9-19-40(37)47-43-17-7-5-15-41(43)45(42-16-6-8-18-44(42)47)33-23-20-30(21-24-33)34-26-27-39-36(28-34)29-35-25-22-32-11-2-4-14-38(32)46(35)39/h1-28H,29H2. The number of fused-ring (bicyclic) bond motifs is 8. The van der Waals surface area contributed by atoms with Gasteiger partial charge in [-0.3, -0.25) is 0 Å². The quantitative estimate of drug-likeness (QED) is 0.179. The Hall–Kier alpha value is -5.98. The van der Waals surface area contributed by atoms with Crippen molar-refractivity contribution in [3.05, 3.63) is 181 Å². The molecule has 0 spiro atoms. The van der Waals surface area contributed by atoms with Crippen LogP contribution >= 0.6 is 0 Å². The summed E-state index contributed by atoms with van der Waals surface area (Å²) in [5, 5.41) is 10.3. The lowest BCUT2D eigenvalue weighted by atomic mass is 9.84. The van der Waals surface area contributed by atoms with Crippen LogP contribution in [0, 0.1) is 0 Å². The van der Waals surface area contributed by atoms with Crippen LogP contribution in [-0.2, 0) is 6.42 Å². The topological polar surface area (TPSA) is 0 Å². The first-order chi connectivity index (χ1) is 23.3. The van der Waals surface area contributed by atoms with Crippen LogP contribution in [0.5, 0.6) is 0 Å². The van der Waals surface area contributed by atoms with Gasteiger partial charge in [-0.1, -0.05) is 170 Å². The summed E-state index contributed by atoms with van der Waals surface area (Å²) in [6, 6.07) is 62.9. The van der Waals surface area contributed by atoms with Crippen molar-refractivity contribution in [2.45, 2.75) is 6.42 Å². The molecule has 0 N–H and O–H groups in total. The molecule has 47 heavy (non-hydrogen) atoms. The first-order valence-electron chi connectivity index (χ1n) is 16.5. The Morgan fingerprint density at radius 2 is 0.809 bits per heavy atom. The van der Waals surface area contributed by atoms with Gasteiger partial charge in [-0.25, -0.2) is 0 Å². The summed E-state index contributed by atoms with van der Waals surface area (Å²) in [4.78, 5) is 0. The zero-order chi connectivity index (χ0) is 30.9. The molecule has 0 fully saturated rings. The van der Waals surface area contributed by atoms with Crippen LogP contribution in [0.1, 0.15) is 11.1 Å². The van der Waals surface area contributed by atoms with Crippen LogP contribution < -0.4 is 0 Å². The summed E-state index contributed by atoms with van der Waals surface area (Å²) >= 11 is 0. The van der Waals surface area contributed by atoms with E-state index in [0.717, 1.165) is 6.42 Å². The van der Waals surface area contributed by atoms with E-state index in [2.05, 4.69) is 170 Å². The molecular weight excluding hydrogens is 565 g/mol. The third-order valence-corrected chi connectivity index (χ3v) is 10.3. The molecular formula is C47H30. The van der Waals surface area contributed by atoms with E-state index in [1.807, 2.05) is 0 Å². The molecule has 0 bridgehead atoms. The number of hydrogen-bond donors (Lipinski definition) is 0. The predicted molar refractivity (Wildman–Crippen MR) is 201 cm³/mol. The fourth-order valence-corrected chi connectivity index (χ4v) is 8.15. The summed E-state index contributed by atoms with van der Waals surface area (Å²) in [6.07, 6.45) is 0.989. The smallest absolute Gasteiger partial charge is 0.00130 e. The van der Waals surface area contributed by atoms with Crippen LogP contribution in [0.25, 0.3) is 87.6 Å². The SMILES string of the molecule is c1ccc2c(-c3c4ccccc4c(-c4ccc(-c5ccc6c(c5)Cc5ccc7ccccc7c5-6)cc4)c4ccccc34)cccc2c1. The van der Waals surface area contributed by atoms with Crippen LogP contribution in [0.2, 0.25) is 0 Å². The number of hydrogen-bond acceptors (Lipinski definition) is 0. The van der Waals surface area contributed by atoms with E-state index >= 15 is 0 Å². The Kier molecular flexibility index (Phi) is 5.74. The number of benzene rings is 9. The van der Waals surface area contributed by atoms with E-state index in [1.165, 1.54) is 98.7 Å². The third-order valence-electron chi connectivity index (χ3n) is 10.3. The van der Waals surface area contributed by atoms with Gasteiger partial charge in [0.15, 0.2) is 0 Å². The zero-order valence-corrected chi connectivity index (χ0v) is 25.9. The molecule has 10 rings (SSSR count). The molecule has 0 aromatic heterocycles. The van der Waals surface area contributed by atoms with Crippen molar-refractivity contribution in [3.8, 4) is 44.5 Å². The highest BCUT2D eigenvalue weighted by Crippen LogP contribution is 2.46. The van der Waals surface area contributed by atoms with E-state index in [0.29, 0.717) is 0 Å². The molecule has 218 valence electrons. The molecule has 0 heteroatoms. The monoisotopic (exact) mass is 594 g/mol. The average molecular weight is 595 g/mol. The van der Waals surface area contributed by atoms with Gasteiger partial charge in [0.2, 0.25) is 0 Å². The summed E-state index contributed by atoms with van der Waals surface area (Å²) < 4.78 is 0. The van der Waals surface area contributed by atoms with E-state index in [4.69, 9.17) is 0 Å². The molecule has 0 saturated heterocycles. The summed E-state index contributed by atoms with van der Waals surface area (Å²) in [5.74, 6) is 0. The minimum absolute atomic E-state index is 0.989. The van der Waals surface area contributed by atoms with Crippen LogP contribution in [0.4, 0.5) is 0 Å². The Morgan fingerprint density at radius 3 is 1.51 bits per heavy atom. The highest BCUT2D eigenvalue weighted by molar-refractivity contribution is 6.23. The van der Waals surface area contributed by atoms with Crippen molar-refractivity contribution in [2.75, 3.05) is 0 Å². The lowest BCUT2D eigenvalue weighted by Crippen LogP contribution is -1.91. The second-order valence-electron chi connectivity index (χ2n) is 12.8. The van der Waals surface area contributed by atoms with Crippen LogP contribution in [0.15, 0.2) is 170 Å². The van der Waals surface area contributed by atoms with Gasteiger partial charge in [-0.05, 0) is 105 Å². The molecule has 0 aliphatic heterocycles. The summed E-state index contributed by atoms with van der Waals surface area (Å²) in [5.41, 5.74) is 13.3. The Balaban J connectivity index is 1.11. The van der Waals surface area contributed by atoms with Gasteiger partial charge in [0.1, 0.15) is 0 Å². The van der Waals surface area contributed by atoms with Crippen molar-refractivity contribution in [3.63, 3.8) is 0 Å². The van der Waals surface area contributed by atoms with E-state index < -0.39 is 0 Å². The molecule has 0 nitrogen and oxygen atoms in total. The third kappa shape index (κ3) is 4.02. The molecule has 9 aromatic carbocycles. The maximum absolute atomic E-state index is 2.41. The normalized spacial score (nSPS) is 12.2. The van der Waals surface area contributed by atoms with Gasteiger partial charge < -0.3 is 0 Å². The molecule has 0 atom stereocenters. The van der Waals surface area contributed by atoms with E-state index in [-0.39, 0.29) is 0 Å². The molecule has 1 aliphatic carbocycles. The molecule has 0 radical (unpaired) electrons. The molecule has 0 amide bonds. The van der Waals surface area contributed by atoms with Gasteiger partial charge in [0, 0.05) is 0 Å². The van der Waals surface area contributed by atoms with Gasteiger partial charge in [-0.2, -0.15) is 0 Å². The lowest BCUT2D eigenvalue weighted by Gasteiger charge is -2.19. The first-order valence-corrected chi connectivity index (χ1v) is 16.5. The van der Waals surface area contributed by atoms with Gasteiger partial charge in [0.05, 0.1) is 0 Å². The van der Waals surface area contributed by atoms with Crippen LogP contribution in [-0.4, -0.2) is 0 Å². The zero-order valence-electron chi connectivity index (χ0n) is 25.9. The minimum atomic E-state index is 0.989. The van der Waals surface area contributed by atoms with Crippen molar-refractivity contribution in [1.29, 1.82) is 0 Å². The Morgan fingerprint density at radius 1 is 0.277 bits per heavy atom. The summed E-state index contributed by atoms with van der Waals surface area (Å²) in [6.45, 7) is 0. The average Bonchev–Trinajstić information content (AvgIpc) is 3.52. The summed E-state index contributed by atoms with van der Waals surface area (Å²) in [7, 11) is 0. The second kappa shape index (κ2) is 10.3. The van der Waals surface area contributed by atoms with Crippen molar-refractivity contribution >= 4 is 43.1 Å². The molecule has 0 heterocycles. The molecule has 0 saturated carbocycles. The van der Waals surface area contributed by atoms with Crippen molar-refractivity contribution in [1.82, 2.24) is 0 Å². The van der Waals surface area contributed by atoms with Crippen molar-refractivity contribution < 1.29 is 0 Å². The van der Waals surface area contributed by atoms with Gasteiger partial charge in [0.25, 0.3) is 0 Å². The van der Waals surface area contributed by atoms with Crippen molar-refractivity contribution in [2.24, 2.45) is 0 Å². The fraction of sp³-hybridized carbons (Fsp3) is 0.0213. The Bertz CT molecular complexity index is 2630. The van der Waals surface area contributed by atoms with Crippen LogP contribution in [0.3, 0.4) is 0 Å². The maximum Gasteiger partial charge on any atom is -0.00130 e. The predicted octanol–water partition coefficient (Wildman–Crippen LogP) is 12.9. The molecule has 0 unspecified atom stereocenters. The molecule has 9 aromatic rings.